The number of aryl methyl sites for hydroxylation is 1. The van der Waals surface area contributed by atoms with E-state index in [2.05, 4.69) is 15.5 Å². The predicted octanol–water partition coefficient (Wildman–Crippen LogP) is 2.12. The highest BCUT2D eigenvalue weighted by Crippen LogP contribution is 2.32. The first kappa shape index (κ1) is 26.3. The second kappa shape index (κ2) is 9.94. The van der Waals surface area contributed by atoms with Crippen LogP contribution in [0.1, 0.15) is 44.9 Å². The molecule has 1 aromatic carbocycles. The van der Waals surface area contributed by atoms with Crippen LogP contribution in [-0.2, 0) is 16.9 Å². The zero-order valence-electron chi connectivity index (χ0n) is 21.6. The topological polar surface area (TPSA) is 133 Å². The van der Waals surface area contributed by atoms with Crippen LogP contribution in [0.3, 0.4) is 0 Å². The Morgan fingerprint density at radius 1 is 1.19 bits per heavy atom. The lowest BCUT2D eigenvalue weighted by Crippen LogP contribution is -2.56. The molecule has 11 nitrogen and oxygen atoms in total. The summed E-state index contributed by atoms with van der Waals surface area (Å²) in [6.07, 6.45) is 1.89. The standard InChI is InChI=1S/C25H30N6O5S/c1-14(2)28-23(34)25(4,5)30-20(33)19-15(3)21(31-26-11-12-27-31)37-22(19)29(24(30)35)13-17(32)16-9-7-8-10-18(16)36-6/h7-12,14,17,32H,13H2,1-6H3,(H,28,34)/t17-/m1/s1. The number of nitrogens with zero attached hydrogens (tertiary/aromatic N) is 5. The highest BCUT2D eigenvalue weighted by atomic mass is 32.1. The lowest BCUT2D eigenvalue weighted by Gasteiger charge is -2.28. The van der Waals surface area contributed by atoms with Crippen LogP contribution in [0.5, 0.6) is 5.75 Å². The van der Waals surface area contributed by atoms with Gasteiger partial charge in [-0.3, -0.25) is 14.2 Å². The first-order valence-corrected chi connectivity index (χ1v) is 12.6. The van der Waals surface area contributed by atoms with Crippen LogP contribution in [0, 0.1) is 6.92 Å². The van der Waals surface area contributed by atoms with E-state index in [-0.39, 0.29) is 18.0 Å². The summed E-state index contributed by atoms with van der Waals surface area (Å²) < 4.78 is 7.68. The summed E-state index contributed by atoms with van der Waals surface area (Å²) in [5, 5.41) is 23.2. The first-order valence-electron chi connectivity index (χ1n) is 11.8. The number of benzene rings is 1. The average molecular weight is 527 g/mol. The lowest BCUT2D eigenvalue weighted by molar-refractivity contribution is -0.129. The first-order chi connectivity index (χ1) is 17.5. The molecule has 4 aromatic rings. The predicted molar refractivity (Wildman–Crippen MR) is 141 cm³/mol. The molecule has 0 bridgehead atoms. The van der Waals surface area contributed by atoms with Gasteiger partial charge in [-0.15, -0.1) is 4.80 Å². The smallest absolute Gasteiger partial charge is 0.333 e. The Morgan fingerprint density at radius 3 is 2.46 bits per heavy atom. The number of thiophene rings is 1. The zero-order valence-corrected chi connectivity index (χ0v) is 22.4. The molecule has 0 radical (unpaired) electrons. The van der Waals surface area contributed by atoms with Crippen LogP contribution in [0.4, 0.5) is 0 Å². The Hall–Kier alpha value is -3.77. The van der Waals surface area contributed by atoms with Gasteiger partial charge in [0.25, 0.3) is 5.56 Å². The molecule has 2 N–H and O–H groups in total. The van der Waals surface area contributed by atoms with Gasteiger partial charge in [-0.25, -0.2) is 9.36 Å². The molecule has 3 heterocycles. The van der Waals surface area contributed by atoms with Crippen LogP contribution in [0.2, 0.25) is 0 Å². The Kier molecular flexibility index (Phi) is 7.07. The molecule has 0 saturated carbocycles. The number of aliphatic hydroxyl groups excluding tert-OH is 1. The van der Waals surface area contributed by atoms with Gasteiger partial charge in [-0.2, -0.15) is 10.2 Å². The van der Waals surface area contributed by atoms with E-state index in [1.54, 1.807) is 45.0 Å². The van der Waals surface area contributed by atoms with Crippen molar-refractivity contribution >= 4 is 27.5 Å². The largest absolute Gasteiger partial charge is 0.496 e. The van der Waals surface area contributed by atoms with E-state index in [1.165, 1.54) is 54.1 Å². The van der Waals surface area contributed by atoms with E-state index in [1.807, 2.05) is 0 Å². The summed E-state index contributed by atoms with van der Waals surface area (Å²) in [7, 11) is 1.50. The van der Waals surface area contributed by atoms with Crippen LogP contribution in [0.15, 0.2) is 46.2 Å². The number of para-hydroxylation sites is 1. The van der Waals surface area contributed by atoms with E-state index >= 15 is 0 Å². The van der Waals surface area contributed by atoms with Gasteiger partial charge >= 0.3 is 5.69 Å². The maximum absolute atomic E-state index is 13.9. The second-order valence-electron chi connectivity index (χ2n) is 9.51. The summed E-state index contributed by atoms with van der Waals surface area (Å²) in [6, 6.07) is 6.77. The molecule has 0 saturated heterocycles. The average Bonchev–Trinajstić information content (AvgIpc) is 3.49. The monoisotopic (exact) mass is 526 g/mol. The molecule has 0 aliphatic heterocycles. The molecule has 196 valence electrons. The van der Waals surface area contributed by atoms with Crippen molar-refractivity contribution in [2.75, 3.05) is 7.11 Å². The highest BCUT2D eigenvalue weighted by molar-refractivity contribution is 7.21. The number of amides is 1. The lowest BCUT2D eigenvalue weighted by atomic mass is 10.0. The molecule has 37 heavy (non-hydrogen) atoms. The van der Waals surface area contributed by atoms with E-state index in [9.17, 15) is 19.5 Å². The fourth-order valence-corrected chi connectivity index (χ4v) is 5.47. The number of hydrogen-bond acceptors (Lipinski definition) is 8. The van der Waals surface area contributed by atoms with Crippen molar-refractivity contribution in [1.29, 1.82) is 0 Å². The minimum atomic E-state index is -1.51. The van der Waals surface area contributed by atoms with Gasteiger partial charge in [0.05, 0.1) is 31.4 Å². The fourth-order valence-electron chi connectivity index (χ4n) is 4.25. The number of nitrogens with one attached hydrogen (secondary N) is 1. The summed E-state index contributed by atoms with van der Waals surface area (Å²) in [5.41, 5.74) is -1.77. The van der Waals surface area contributed by atoms with Crippen molar-refractivity contribution in [2.24, 2.45) is 0 Å². The molecule has 0 aliphatic rings. The van der Waals surface area contributed by atoms with Gasteiger partial charge in [-0.1, -0.05) is 29.5 Å². The van der Waals surface area contributed by atoms with Crippen molar-refractivity contribution in [3.63, 3.8) is 0 Å². The van der Waals surface area contributed by atoms with Crippen molar-refractivity contribution < 1.29 is 14.6 Å². The van der Waals surface area contributed by atoms with Gasteiger partial charge in [0.1, 0.15) is 27.2 Å². The van der Waals surface area contributed by atoms with E-state index < -0.39 is 28.8 Å². The molecule has 12 heteroatoms. The molecular formula is C25H30N6O5S. The van der Waals surface area contributed by atoms with Crippen molar-refractivity contribution in [2.45, 2.75) is 58.8 Å². The minimum Gasteiger partial charge on any atom is -0.496 e. The third-order valence-corrected chi connectivity index (χ3v) is 7.46. The van der Waals surface area contributed by atoms with Crippen LogP contribution in [-0.4, -0.2) is 48.3 Å². The number of carbonyl (C=O) groups is 1. The number of carbonyl (C=O) groups excluding carboxylic acids is 1. The number of rotatable bonds is 8. The third-order valence-electron chi connectivity index (χ3n) is 6.18. The number of fused-ring (bicyclic) bond motifs is 1. The summed E-state index contributed by atoms with van der Waals surface area (Å²) in [4.78, 5) is 42.6. The van der Waals surface area contributed by atoms with Gasteiger partial charge in [0.15, 0.2) is 0 Å². The van der Waals surface area contributed by atoms with Crippen molar-refractivity contribution in [3.8, 4) is 10.8 Å². The number of hydrogen-bond donors (Lipinski definition) is 2. The van der Waals surface area contributed by atoms with Gasteiger partial charge in [0, 0.05) is 17.2 Å². The van der Waals surface area contributed by atoms with E-state index in [0.717, 1.165) is 4.57 Å². The number of methoxy groups -OCH3 is 1. The normalized spacial score (nSPS) is 12.8. The molecule has 4 rings (SSSR count). The molecule has 1 amide bonds. The molecule has 0 spiro atoms. The molecule has 1 atom stereocenters. The maximum Gasteiger partial charge on any atom is 0.333 e. The molecular weight excluding hydrogens is 496 g/mol. The van der Waals surface area contributed by atoms with Crippen LogP contribution < -0.4 is 21.3 Å². The van der Waals surface area contributed by atoms with Crippen molar-refractivity contribution in [3.05, 3.63) is 68.6 Å². The Bertz CT molecular complexity index is 1560. The van der Waals surface area contributed by atoms with E-state index in [0.29, 0.717) is 26.7 Å². The van der Waals surface area contributed by atoms with Gasteiger partial charge in [-0.05, 0) is 40.7 Å². The highest BCUT2D eigenvalue weighted by Gasteiger charge is 2.36. The quantitative estimate of drug-likeness (QED) is 0.359. The Labute approximate surface area is 216 Å². The second-order valence-corrected chi connectivity index (χ2v) is 10.5. The van der Waals surface area contributed by atoms with Gasteiger partial charge < -0.3 is 15.2 Å². The van der Waals surface area contributed by atoms with Crippen LogP contribution in [0.25, 0.3) is 15.2 Å². The third kappa shape index (κ3) is 4.58. The Balaban J connectivity index is 2.00. The van der Waals surface area contributed by atoms with Gasteiger partial charge in [0.2, 0.25) is 5.91 Å². The molecule has 0 unspecified atom stereocenters. The van der Waals surface area contributed by atoms with Crippen LogP contribution >= 0.6 is 11.3 Å². The maximum atomic E-state index is 13.9. The SMILES string of the molecule is COc1ccccc1[C@H](O)Cn1c(=O)n(C(C)(C)C(=O)NC(C)C)c(=O)c2c(C)c(-n3nccn3)sc21. The summed E-state index contributed by atoms with van der Waals surface area (Å²) in [5.74, 6) is -0.00669. The fraction of sp³-hybridized carbons (Fsp3) is 0.400. The molecule has 0 fully saturated rings. The summed E-state index contributed by atoms with van der Waals surface area (Å²) >= 11 is 1.17. The zero-order chi connectivity index (χ0) is 27.1. The van der Waals surface area contributed by atoms with Crippen molar-refractivity contribution in [1.82, 2.24) is 29.4 Å². The number of aliphatic hydroxyl groups is 1. The summed E-state index contributed by atoms with van der Waals surface area (Å²) in [6.45, 7) is 8.22. The Morgan fingerprint density at radius 2 is 1.84 bits per heavy atom. The minimum absolute atomic E-state index is 0.177. The molecule has 3 aromatic heterocycles. The number of aromatic nitrogens is 5. The van der Waals surface area contributed by atoms with E-state index in [4.69, 9.17) is 4.74 Å². The molecule has 0 aliphatic carbocycles. The number of ether oxygens (including phenoxy) is 1.